The average Bonchev–Trinajstić information content (AvgIpc) is 2.55. The molecule has 1 aliphatic rings. The Morgan fingerprint density at radius 2 is 2.27 bits per heavy atom. The zero-order chi connectivity index (χ0) is 15.8. The molecule has 0 radical (unpaired) electrons. The number of amides is 1. The first-order valence-corrected chi connectivity index (χ1v) is 7.71. The number of carbonyl (C=O) groups excluding carboxylic acids is 1. The largest absolute Gasteiger partial charge is 0.396 e. The lowest BCUT2D eigenvalue weighted by Gasteiger charge is -2.38. The fourth-order valence-corrected chi connectivity index (χ4v) is 2.77. The van der Waals surface area contributed by atoms with Crippen molar-refractivity contribution in [2.45, 2.75) is 19.3 Å². The van der Waals surface area contributed by atoms with Crippen LogP contribution in [0.4, 0.5) is 5.69 Å². The Morgan fingerprint density at radius 1 is 1.50 bits per heavy atom. The van der Waals surface area contributed by atoms with E-state index in [-0.39, 0.29) is 17.9 Å². The van der Waals surface area contributed by atoms with E-state index in [4.69, 9.17) is 4.74 Å². The van der Waals surface area contributed by atoms with E-state index in [1.807, 2.05) is 13.1 Å². The number of aromatic nitrogens is 1. The maximum atomic E-state index is 11.9. The van der Waals surface area contributed by atoms with Crippen LogP contribution in [0.3, 0.4) is 0 Å². The van der Waals surface area contributed by atoms with Crippen LogP contribution in [-0.4, -0.2) is 60.9 Å². The topological polar surface area (TPSA) is 74.7 Å². The van der Waals surface area contributed by atoms with Gasteiger partial charge in [-0.1, -0.05) is 0 Å². The number of hydrogen-bond acceptors (Lipinski definition) is 5. The molecular weight excluding hydrogens is 282 g/mol. The van der Waals surface area contributed by atoms with Gasteiger partial charge in [0.15, 0.2) is 0 Å². The SMILES string of the molecule is CN(CCC(=O)Nc1cccnc1)CC1(CO)CCOCC1. The number of hydrogen-bond donors (Lipinski definition) is 2. The molecule has 1 aliphatic heterocycles. The second-order valence-electron chi connectivity index (χ2n) is 6.05. The second kappa shape index (κ2) is 8.22. The van der Waals surface area contributed by atoms with Crippen LogP contribution in [0.25, 0.3) is 0 Å². The molecule has 1 fully saturated rings. The summed E-state index contributed by atoms with van der Waals surface area (Å²) < 4.78 is 5.37. The molecule has 6 nitrogen and oxygen atoms in total. The monoisotopic (exact) mass is 307 g/mol. The summed E-state index contributed by atoms with van der Waals surface area (Å²) in [6.07, 6.45) is 5.46. The van der Waals surface area contributed by atoms with Crippen molar-refractivity contribution in [1.29, 1.82) is 0 Å². The summed E-state index contributed by atoms with van der Waals surface area (Å²) in [6, 6.07) is 3.61. The Balaban J connectivity index is 1.74. The summed E-state index contributed by atoms with van der Waals surface area (Å²) in [4.78, 5) is 18.0. The number of ether oxygens (including phenoxy) is 1. The van der Waals surface area contributed by atoms with Gasteiger partial charge >= 0.3 is 0 Å². The van der Waals surface area contributed by atoms with Crippen molar-refractivity contribution in [3.63, 3.8) is 0 Å². The van der Waals surface area contributed by atoms with E-state index in [1.54, 1.807) is 18.5 Å². The molecule has 122 valence electrons. The van der Waals surface area contributed by atoms with Crippen LogP contribution in [-0.2, 0) is 9.53 Å². The fraction of sp³-hybridized carbons (Fsp3) is 0.625. The number of carbonyl (C=O) groups is 1. The van der Waals surface area contributed by atoms with Crippen LogP contribution in [0.1, 0.15) is 19.3 Å². The quantitative estimate of drug-likeness (QED) is 0.790. The maximum Gasteiger partial charge on any atom is 0.225 e. The highest BCUT2D eigenvalue weighted by Crippen LogP contribution is 2.30. The lowest BCUT2D eigenvalue weighted by molar-refractivity contribution is -0.116. The molecular formula is C16H25N3O3. The zero-order valence-corrected chi connectivity index (χ0v) is 13.1. The summed E-state index contributed by atoms with van der Waals surface area (Å²) in [5.41, 5.74) is 0.624. The average molecular weight is 307 g/mol. The van der Waals surface area contributed by atoms with Crippen molar-refractivity contribution < 1.29 is 14.6 Å². The molecule has 2 N–H and O–H groups in total. The van der Waals surface area contributed by atoms with Crippen molar-refractivity contribution in [3.05, 3.63) is 24.5 Å². The number of rotatable bonds is 7. The lowest BCUT2D eigenvalue weighted by atomic mass is 9.80. The molecule has 1 saturated heterocycles. The number of nitrogens with zero attached hydrogens (tertiary/aromatic N) is 2. The van der Waals surface area contributed by atoms with E-state index in [0.29, 0.717) is 31.9 Å². The van der Waals surface area contributed by atoms with Crippen molar-refractivity contribution >= 4 is 11.6 Å². The van der Waals surface area contributed by atoms with Gasteiger partial charge in [-0.05, 0) is 32.0 Å². The Hall–Kier alpha value is -1.50. The first-order valence-electron chi connectivity index (χ1n) is 7.71. The third kappa shape index (κ3) is 5.05. The van der Waals surface area contributed by atoms with Crippen LogP contribution in [0.15, 0.2) is 24.5 Å². The Kier molecular flexibility index (Phi) is 6.30. The van der Waals surface area contributed by atoms with Crippen LogP contribution in [0, 0.1) is 5.41 Å². The van der Waals surface area contributed by atoms with Gasteiger partial charge < -0.3 is 20.1 Å². The Labute approximate surface area is 131 Å². The Bertz CT molecular complexity index is 461. The van der Waals surface area contributed by atoms with Gasteiger partial charge in [-0.3, -0.25) is 9.78 Å². The van der Waals surface area contributed by atoms with Crippen molar-refractivity contribution in [2.24, 2.45) is 5.41 Å². The molecule has 22 heavy (non-hydrogen) atoms. The minimum atomic E-state index is -0.0905. The van der Waals surface area contributed by atoms with Gasteiger partial charge in [0.1, 0.15) is 0 Å². The van der Waals surface area contributed by atoms with Crippen LogP contribution in [0.2, 0.25) is 0 Å². The summed E-state index contributed by atoms with van der Waals surface area (Å²) in [6.45, 7) is 3.02. The molecule has 0 atom stereocenters. The predicted octanol–water partition coefficient (Wildman–Crippen LogP) is 1.13. The number of nitrogens with one attached hydrogen (secondary N) is 1. The molecule has 0 unspecified atom stereocenters. The normalized spacial score (nSPS) is 17.4. The molecule has 0 bridgehead atoms. The standard InChI is InChI=1S/C16H25N3O3/c1-19(12-16(13-20)5-9-22-10-6-16)8-4-15(21)18-14-3-2-7-17-11-14/h2-3,7,11,20H,4-6,8-10,12-13H2,1H3,(H,18,21). The van der Waals surface area contributed by atoms with E-state index in [9.17, 15) is 9.90 Å². The van der Waals surface area contributed by atoms with Crippen molar-refractivity contribution in [2.75, 3.05) is 45.3 Å². The number of anilines is 1. The smallest absolute Gasteiger partial charge is 0.225 e. The van der Waals surface area contributed by atoms with E-state index >= 15 is 0 Å². The number of aliphatic hydroxyl groups is 1. The molecule has 0 aromatic carbocycles. The van der Waals surface area contributed by atoms with Crippen LogP contribution in [0.5, 0.6) is 0 Å². The van der Waals surface area contributed by atoms with Gasteiger partial charge in [0.25, 0.3) is 0 Å². The molecule has 1 aromatic heterocycles. The third-order valence-electron chi connectivity index (χ3n) is 4.16. The third-order valence-corrected chi connectivity index (χ3v) is 4.16. The van der Waals surface area contributed by atoms with E-state index < -0.39 is 0 Å². The van der Waals surface area contributed by atoms with Gasteiger partial charge in [-0.2, -0.15) is 0 Å². The van der Waals surface area contributed by atoms with Gasteiger partial charge in [0, 0.05) is 44.3 Å². The lowest BCUT2D eigenvalue weighted by Crippen LogP contribution is -2.43. The van der Waals surface area contributed by atoms with Crippen LogP contribution < -0.4 is 5.32 Å². The molecule has 1 amide bonds. The minimum absolute atomic E-state index is 0.0233. The first kappa shape index (κ1) is 16.9. The molecule has 0 saturated carbocycles. The molecule has 2 rings (SSSR count). The minimum Gasteiger partial charge on any atom is -0.396 e. The highest BCUT2D eigenvalue weighted by atomic mass is 16.5. The molecule has 0 spiro atoms. The first-order chi connectivity index (χ1) is 10.6. The van der Waals surface area contributed by atoms with Gasteiger partial charge in [-0.25, -0.2) is 0 Å². The maximum absolute atomic E-state index is 11.9. The van der Waals surface area contributed by atoms with Crippen molar-refractivity contribution in [3.8, 4) is 0 Å². The van der Waals surface area contributed by atoms with Gasteiger partial charge in [-0.15, -0.1) is 0 Å². The van der Waals surface area contributed by atoms with Gasteiger partial charge in [0.2, 0.25) is 5.91 Å². The zero-order valence-electron chi connectivity index (χ0n) is 13.1. The van der Waals surface area contributed by atoms with Crippen LogP contribution >= 0.6 is 0 Å². The highest BCUT2D eigenvalue weighted by Gasteiger charge is 2.33. The van der Waals surface area contributed by atoms with Gasteiger partial charge in [0.05, 0.1) is 18.5 Å². The summed E-state index contributed by atoms with van der Waals surface area (Å²) in [5, 5.41) is 12.5. The molecule has 1 aromatic rings. The second-order valence-corrected chi connectivity index (χ2v) is 6.05. The molecule has 0 aliphatic carbocycles. The number of pyridine rings is 1. The predicted molar refractivity (Wildman–Crippen MR) is 84.6 cm³/mol. The summed E-state index contributed by atoms with van der Waals surface area (Å²) in [5.74, 6) is -0.0233. The molecule has 2 heterocycles. The Morgan fingerprint density at radius 3 is 2.91 bits per heavy atom. The molecule has 6 heteroatoms. The highest BCUT2D eigenvalue weighted by molar-refractivity contribution is 5.90. The van der Waals surface area contributed by atoms with E-state index in [2.05, 4.69) is 15.2 Å². The van der Waals surface area contributed by atoms with E-state index in [1.165, 1.54) is 0 Å². The van der Waals surface area contributed by atoms with E-state index in [0.717, 1.165) is 19.4 Å². The fourth-order valence-electron chi connectivity index (χ4n) is 2.77. The number of aliphatic hydroxyl groups excluding tert-OH is 1. The summed E-state index contributed by atoms with van der Waals surface area (Å²) >= 11 is 0. The van der Waals surface area contributed by atoms with Crippen molar-refractivity contribution in [1.82, 2.24) is 9.88 Å². The summed E-state index contributed by atoms with van der Waals surface area (Å²) in [7, 11) is 1.99.